The first kappa shape index (κ1) is 18.1. The zero-order valence-electron chi connectivity index (χ0n) is 13.5. The third-order valence-electron chi connectivity index (χ3n) is 3.76. The van der Waals surface area contributed by atoms with Gasteiger partial charge in [-0.05, 0) is 59.3 Å². The number of halogens is 2. The van der Waals surface area contributed by atoms with Gasteiger partial charge < -0.3 is 15.4 Å². The second kappa shape index (κ2) is 6.90. The van der Waals surface area contributed by atoms with Crippen LogP contribution in [0.15, 0.2) is 0 Å². The van der Waals surface area contributed by atoms with Gasteiger partial charge in [-0.3, -0.25) is 0 Å². The molecule has 2 N–H and O–H groups in total. The molecule has 4 nitrogen and oxygen atoms in total. The van der Waals surface area contributed by atoms with E-state index in [4.69, 9.17) is 10.5 Å². The fourth-order valence-corrected chi connectivity index (χ4v) is 2.42. The highest BCUT2D eigenvalue weighted by molar-refractivity contribution is 5.68. The average Bonchev–Trinajstić information content (AvgIpc) is 2.34. The van der Waals surface area contributed by atoms with Crippen molar-refractivity contribution in [2.75, 3.05) is 13.1 Å². The lowest BCUT2D eigenvalue weighted by Gasteiger charge is -2.35. The van der Waals surface area contributed by atoms with E-state index in [1.165, 1.54) is 6.92 Å². The Morgan fingerprint density at radius 1 is 1.38 bits per heavy atom. The first-order valence-electron chi connectivity index (χ1n) is 7.56. The van der Waals surface area contributed by atoms with E-state index in [2.05, 4.69) is 0 Å². The van der Waals surface area contributed by atoms with Gasteiger partial charge in [0.05, 0.1) is 5.54 Å². The molecular weight excluding hydrogens is 278 g/mol. The van der Waals surface area contributed by atoms with Gasteiger partial charge in [-0.2, -0.15) is 0 Å². The number of carbonyl (C=O) groups excluding carboxylic acids is 1. The SMILES string of the molecule is CC(C)(C)OC(=O)N1CCCC(CCC(C)(N)C(F)F)C1. The summed E-state index contributed by atoms with van der Waals surface area (Å²) in [6.45, 7) is 8.10. The number of rotatable bonds is 4. The first-order valence-corrected chi connectivity index (χ1v) is 7.56. The lowest BCUT2D eigenvalue weighted by atomic mass is 9.87. The topological polar surface area (TPSA) is 55.6 Å². The number of nitrogens with zero attached hydrogens (tertiary/aromatic N) is 1. The molecule has 124 valence electrons. The van der Waals surface area contributed by atoms with Crippen molar-refractivity contribution in [2.45, 2.75) is 70.9 Å². The number of amides is 1. The van der Waals surface area contributed by atoms with Crippen LogP contribution in [0.1, 0.15) is 53.4 Å². The summed E-state index contributed by atoms with van der Waals surface area (Å²) in [5, 5.41) is 0. The Labute approximate surface area is 126 Å². The lowest BCUT2D eigenvalue weighted by Crippen LogP contribution is -2.46. The van der Waals surface area contributed by atoms with Crippen molar-refractivity contribution in [1.82, 2.24) is 4.90 Å². The molecule has 0 bridgehead atoms. The molecule has 0 spiro atoms. The molecule has 0 radical (unpaired) electrons. The predicted octanol–water partition coefficient (Wildman–Crippen LogP) is 3.40. The highest BCUT2D eigenvalue weighted by Crippen LogP contribution is 2.27. The maximum atomic E-state index is 12.7. The Morgan fingerprint density at radius 3 is 2.52 bits per heavy atom. The Kier molecular flexibility index (Phi) is 5.96. The molecule has 1 aliphatic heterocycles. The number of piperidine rings is 1. The van der Waals surface area contributed by atoms with Gasteiger partial charge in [-0.1, -0.05) is 0 Å². The van der Waals surface area contributed by atoms with Crippen LogP contribution in [0.25, 0.3) is 0 Å². The van der Waals surface area contributed by atoms with Crippen molar-refractivity contribution in [3.8, 4) is 0 Å². The quantitative estimate of drug-likeness (QED) is 0.866. The van der Waals surface area contributed by atoms with Crippen molar-refractivity contribution >= 4 is 6.09 Å². The van der Waals surface area contributed by atoms with E-state index in [1.54, 1.807) is 4.90 Å². The van der Waals surface area contributed by atoms with Crippen LogP contribution >= 0.6 is 0 Å². The maximum absolute atomic E-state index is 12.7. The molecule has 0 aliphatic carbocycles. The first-order chi connectivity index (χ1) is 9.51. The summed E-state index contributed by atoms with van der Waals surface area (Å²) in [6, 6.07) is 0. The maximum Gasteiger partial charge on any atom is 0.410 e. The lowest BCUT2D eigenvalue weighted by molar-refractivity contribution is 0.0139. The summed E-state index contributed by atoms with van der Waals surface area (Å²) in [6.07, 6.45) is -0.160. The number of ether oxygens (including phenoxy) is 1. The van der Waals surface area contributed by atoms with Crippen molar-refractivity contribution in [1.29, 1.82) is 0 Å². The van der Waals surface area contributed by atoms with Gasteiger partial charge in [0.25, 0.3) is 6.43 Å². The summed E-state index contributed by atoms with van der Waals surface area (Å²) in [7, 11) is 0. The van der Waals surface area contributed by atoms with Gasteiger partial charge in [0.1, 0.15) is 5.60 Å². The molecular formula is C15H28F2N2O2. The Bertz CT molecular complexity index is 354. The second-order valence-electron chi connectivity index (χ2n) is 7.28. The molecule has 1 rings (SSSR count). The van der Waals surface area contributed by atoms with E-state index < -0.39 is 17.6 Å². The standard InChI is InChI=1S/C15H28F2N2O2/c1-14(2,3)21-13(20)19-9-5-6-11(10-19)7-8-15(4,18)12(16)17/h11-12H,5-10,18H2,1-4H3. The zero-order chi connectivity index (χ0) is 16.3. The average molecular weight is 306 g/mol. The van der Waals surface area contributed by atoms with Crippen LogP contribution < -0.4 is 5.73 Å². The second-order valence-corrected chi connectivity index (χ2v) is 7.28. The zero-order valence-corrected chi connectivity index (χ0v) is 13.5. The minimum absolute atomic E-state index is 0.216. The van der Waals surface area contributed by atoms with Gasteiger partial charge in [-0.25, -0.2) is 13.6 Å². The number of hydrogen-bond acceptors (Lipinski definition) is 3. The molecule has 0 aromatic carbocycles. The van der Waals surface area contributed by atoms with Gasteiger partial charge >= 0.3 is 6.09 Å². The molecule has 1 aliphatic rings. The van der Waals surface area contributed by atoms with Crippen LogP contribution in [0.4, 0.5) is 13.6 Å². The smallest absolute Gasteiger partial charge is 0.410 e. The monoisotopic (exact) mass is 306 g/mol. The molecule has 2 unspecified atom stereocenters. The van der Waals surface area contributed by atoms with Gasteiger partial charge in [0.2, 0.25) is 0 Å². The predicted molar refractivity (Wildman–Crippen MR) is 78.4 cm³/mol. The molecule has 6 heteroatoms. The Hall–Kier alpha value is -0.910. The molecule has 1 heterocycles. The minimum atomic E-state index is -2.52. The minimum Gasteiger partial charge on any atom is -0.444 e. The summed E-state index contributed by atoms with van der Waals surface area (Å²) >= 11 is 0. The summed E-state index contributed by atoms with van der Waals surface area (Å²) < 4.78 is 30.8. The highest BCUT2D eigenvalue weighted by atomic mass is 19.3. The van der Waals surface area contributed by atoms with Crippen LogP contribution in [0.2, 0.25) is 0 Å². The van der Waals surface area contributed by atoms with E-state index in [9.17, 15) is 13.6 Å². The number of likely N-dealkylation sites (tertiary alicyclic amines) is 1. The summed E-state index contributed by atoms with van der Waals surface area (Å²) in [4.78, 5) is 13.7. The fraction of sp³-hybridized carbons (Fsp3) is 0.933. The molecule has 21 heavy (non-hydrogen) atoms. The number of nitrogens with two attached hydrogens (primary N) is 1. The van der Waals surface area contributed by atoms with E-state index >= 15 is 0 Å². The number of carbonyl (C=O) groups is 1. The molecule has 1 saturated heterocycles. The molecule has 1 amide bonds. The molecule has 0 aromatic rings. The van der Waals surface area contributed by atoms with Crippen molar-refractivity contribution < 1.29 is 18.3 Å². The van der Waals surface area contributed by atoms with E-state index in [-0.39, 0.29) is 18.4 Å². The van der Waals surface area contributed by atoms with Crippen LogP contribution in [-0.4, -0.2) is 41.6 Å². The summed E-state index contributed by atoms with van der Waals surface area (Å²) in [5.74, 6) is 0.216. The molecule has 0 aromatic heterocycles. The van der Waals surface area contributed by atoms with E-state index in [0.717, 1.165) is 12.8 Å². The Morgan fingerprint density at radius 2 is 2.00 bits per heavy atom. The largest absolute Gasteiger partial charge is 0.444 e. The highest BCUT2D eigenvalue weighted by Gasteiger charge is 2.33. The normalized spacial score (nSPS) is 23.0. The van der Waals surface area contributed by atoms with Crippen molar-refractivity contribution in [2.24, 2.45) is 11.7 Å². The van der Waals surface area contributed by atoms with Crippen LogP contribution in [0.5, 0.6) is 0 Å². The molecule has 0 saturated carbocycles. The Balaban J connectivity index is 2.47. The number of hydrogen-bond donors (Lipinski definition) is 1. The third-order valence-corrected chi connectivity index (χ3v) is 3.76. The molecule has 1 fully saturated rings. The van der Waals surface area contributed by atoms with Crippen LogP contribution in [0.3, 0.4) is 0 Å². The fourth-order valence-electron chi connectivity index (χ4n) is 2.42. The van der Waals surface area contributed by atoms with Gasteiger partial charge in [0, 0.05) is 13.1 Å². The molecule has 2 atom stereocenters. The van der Waals surface area contributed by atoms with Crippen LogP contribution in [0, 0.1) is 5.92 Å². The van der Waals surface area contributed by atoms with E-state index in [1.807, 2.05) is 20.8 Å². The summed E-state index contributed by atoms with van der Waals surface area (Å²) in [5.41, 5.74) is 3.63. The third kappa shape index (κ3) is 6.16. The van der Waals surface area contributed by atoms with Crippen molar-refractivity contribution in [3.05, 3.63) is 0 Å². The number of alkyl halides is 2. The van der Waals surface area contributed by atoms with Crippen molar-refractivity contribution in [3.63, 3.8) is 0 Å². The van der Waals surface area contributed by atoms with Gasteiger partial charge in [-0.15, -0.1) is 0 Å². The van der Waals surface area contributed by atoms with Crippen LogP contribution in [-0.2, 0) is 4.74 Å². The van der Waals surface area contributed by atoms with E-state index in [0.29, 0.717) is 19.5 Å². The van der Waals surface area contributed by atoms with Gasteiger partial charge in [0.15, 0.2) is 0 Å².